The molecule has 0 radical (unpaired) electrons. The van der Waals surface area contributed by atoms with E-state index in [4.69, 9.17) is 0 Å². The predicted octanol–water partition coefficient (Wildman–Crippen LogP) is 3.08. The van der Waals surface area contributed by atoms with Gasteiger partial charge in [-0.2, -0.15) is 5.10 Å². The van der Waals surface area contributed by atoms with Crippen molar-refractivity contribution in [1.29, 1.82) is 0 Å². The Balaban J connectivity index is 1.73. The fraction of sp³-hybridized carbons (Fsp3) is 0.167. The number of anilines is 1. The highest BCUT2D eigenvalue weighted by molar-refractivity contribution is 6.06. The normalized spacial score (nSPS) is 13.7. The molecule has 4 rings (SSSR count). The molecule has 0 saturated heterocycles. The van der Waals surface area contributed by atoms with Crippen molar-refractivity contribution in [1.82, 2.24) is 14.8 Å². The molecule has 0 unspecified atom stereocenters. The lowest BCUT2D eigenvalue weighted by Crippen LogP contribution is -2.34. The Morgan fingerprint density at radius 2 is 1.74 bits per heavy atom. The van der Waals surface area contributed by atoms with E-state index in [1.54, 1.807) is 29.3 Å². The number of carbonyl (C=O) groups is 1. The van der Waals surface area contributed by atoms with Gasteiger partial charge >= 0.3 is 0 Å². The summed E-state index contributed by atoms with van der Waals surface area (Å²) < 4.78 is 1.67. The van der Waals surface area contributed by atoms with Gasteiger partial charge in [-0.15, -0.1) is 0 Å². The van der Waals surface area contributed by atoms with Crippen LogP contribution < -0.4 is 4.90 Å². The van der Waals surface area contributed by atoms with Crippen molar-refractivity contribution in [3.63, 3.8) is 0 Å². The summed E-state index contributed by atoms with van der Waals surface area (Å²) in [6.07, 6.45) is 7.14. The van der Waals surface area contributed by atoms with Crippen molar-refractivity contribution in [3.05, 3.63) is 72.8 Å². The van der Waals surface area contributed by atoms with Gasteiger partial charge in [-0.3, -0.25) is 9.78 Å². The summed E-state index contributed by atoms with van der Waals surface area (Å²) in [6, 6.07) is 15.6. The number of carbonyl (C=O) groups excluding carboxylic acids is 1. The molecule has 0 atom stereocenters. The average molecular weight is 304 g/mol. The van der Waals surface area contributed by atoms with Gasteiger partial charge in [0.25, 0.3) is 5.91 Å². The lowest BCUT2D eigenvalue weighted by atomic mass is 10.2. The van der Waals surface area contributed by atoms with Gasteiger partial charge in [0.15, 0.2) is 0 Å². The number of para-hydroxylation sites is 1. The molecule has 1 amide bonds. The van der Waals surface area contributed by atoms with Crippen LogP contribution in [-0.2, 0) is 0 Å². The Bertz CT molecular complexity index is 809. The number of hydrogen-bond acceptors (Lipinski definition) is 3. The maximum absolute atomic E-state index is 13.1. The summed E-state index contributed by atoms with van der Waals surface area (Å²) in [5.41, 5.74) is 2.33. The van der Waals surface area contributed by atoms with Gasteiger partial charge in [-0.05, 0) is 43.2 Å². The fourth-order valence-electron chi connectivity index (χ4n) is 2.69. The number of nitrogens with zero attached hydrogens (tertiary/aromatic N) is 4. The second-order valence-corrected chi connectivity index (χ2v) is 5.58. The molecule has 2 heterocycles. The highest BCUT2D eigenvalue weighted by Gasteiger charge is 2.35. The van der Waals surface area contributed by atoms with Crippen LogP contribution in [0.15, 0.2) is 67.1 Å². The number of pyridine rings is 1. The molecule has 5 heteroatoms. The van der Waals surface area contributed by atoms with Crippen LogP contribution in [0.25, 0.3) is 5.69 Å². The summed E-state index contributed by atoms with van der Waals surface area (Å²) in [5.74, 6) is -0.0204. The highest BCUT2D eigenvalue weighted by Crippen LogP contribution is 2.33. The molecule has 0 N–H and O–H groups in total. The Morgan fingerprint density at radius 3 is 2.43 bits per heavy atom. The zero-order valence-electron chi connectivity index (χ0n) is 12.5. The van der Waals surface area contributed by atoms with E-state index in [0.29, 0.717) is 5.69 Å². The summed E-state index contributed by atoms with van der Waals surface area (Å²) in [4.78, 5) is 19.0. The summed E-state index contributed by atoms with van der Waals surface area (Å²) in [5, 5.41) is 4.30. The van der Waals surface area contributed by atoms with Gasteiger partial charge in [0.1, 0.15) is 5.69 Å². The smallest absolute Gasteiger partial charge is 0.277 e. The molecule has 1 aromatic carbocycles. The van der Waals surface area contributed by atoms with Gasteiger partial charge in [-0.1, -0.05) is 18.2 Å². The molecule has 2 aromatic heterocycles. The van der Waals surface area contributed by atoms with Crippen LogP contribution in [0.2, 0.25) is 0 Å². The topological polar surface area (TPSA) is 51.0 Å². The van der Waals surface area contributed by atoms with Crippen LogP contribution >= 0.6 is 0 Å². The third-order valence-electron chi connectivity index (χ3n) is 3.93. The SMILES string of the molecule is O=C(c1ccnn1-c1ccncc1)N(c1ccccc1)C1CC1. The van der Waals surface area contributed by atoms with E-state index in [2.05, 4.69) is 10.1 Å². The molecule has 0 aliphatic heterocycles. The van der Waals surface area contributed by atoms with Crippen molar-refractivity contribution in [3.8, 4) is 5.69 Å². The first-order valence-corrected chi connectivity index (χ1v) is 7.67. The average Bonchev–Trinajstić information content (AvgIpc) is 3.31. The van der Waals surface area contributed by atoms with Gasteiger partial charge in [0, 0.05) is 24.1 Å². The zero-order valence-corrected chi connectivity index (χ0v) is 12.5. The van der Waals surface area contributed by atoms with E-state index >= 15 is 0 Å². The summed E-state index contributed by atoms with van der Waals surface area (Å²) in [6.45, 7) is 0. The largest absolute Gasteiger partial charge is 0.304 e. The van der Waals surface area contributed by atoms with Crippen molar-refractivity contribution < 1.29 is 4.79 Å². The first-order valence-electron chi connectivity index (χ1n) is 7.67. The molecular formula is C18H16N4O. The van der Waals surface area contributed by atoms with Crippen molar-refractivity contribution in [2.24, 2.45) is 0 Å². The maximum atomic E-state index is 13.1. The van der Waals surface area contributed by atoms with Crippen LogP contribution in [0.4, 0.5) is 5.69 Å². The zero-order chi connectivity index (χ0) is 15.6. The van der Waals surface area contributed by atoms with Crippen LogP contribution in [0.5, 0.6) is 0 Å². The quantitative estimate of drug-likeness (QED) is 0.744. The van der Waals surface area contributed by atoms with Gasteiger partial charge in [0.05, 0.1) is 11.9 Å². The molecule has 1 aliphatic carbocycles. The van der Waals surface area contributed by atoms with E-state index < -0.39 is 0 Å². The third kappa shape index (κ3) is 2.61. The molecule has 5 nitrogen and oxygen atoms in total. The minimum atomic E-state index is -0.0204. The minimum Gasteiger partial charge on any atom is -0.304 e. The number of benzene rings is 1. The number of amides is 1. The monoisotopic (exact) mass is 304 g/mol. The number of rotatable bonds is 4. The van der Waals surface area contributed by atoms with Crippen LogP contribution in [0.3, 0.4) is 0 Å². The molecule has 1 saturated carbocycles. The van der Waals surface area contributed by atoms with Gasteiger partial charge in [-0.25, -0.2) is 4.68 Å². The van der Waals surface area contributed by atoms with Gasteiger partial charge < -0.3 is 4.90 Å². The lowest BCUT2D eigenvalue weighted by Gasteiger charge is -2.22. The van der Waals surface area contributed by atoms with Gasteiger partial charge in [0.2, 0.25) is 0 Å². The van der Waals surface area contributed by atoms with Crippen molar-refractivity contribution >= 4 is 11.6 Å². The second-order valence-electron chi connectivity index (χ2n) is 5.58. The second kappa shape index (κ2) is 5.68. The van der Waals surface area contributed by atoms with E-state index in [1.165, 1.54) is 0 Å². The standard InChI is InChI=1S/C18H16N4O/c23-18(21(15-6-7-15)14-4-2-1-3-5-14)17-10-13-20-22(17)16-8-11-19-12-9-16/h1-5,8-13,15H,6-7H2. The maximum Gasteiger partial charge on any atom is 0.277 e. The molecule has 1 fully saturated rings. The summed E-state index contributed by atoms with van der Waals surface area (Å²) in [7, 11) is 0. The molecule has 114 valence electrons. The van der Waals surface area contributed by atoms with Crippen molar-refractivity contribution in [2.75, 3.05) is 4.90 Å². The fourth-order valence-corrected chi connectivity index (χ4v) is 2.69. The molecule has 23 heavy (non-hydrogen) atoms. The first-order chi connectivity index (χ1) is 11.3. The lowest BCUT2D eigenvalue weighted by molar-refractivity contribution is 0.0978. The van der Waals surface area contributed by atoms with E-state index in [1.807, 2.05) is 47.4 Å². The summed E-state index contributed by atoms with van der Waals surface area (Å²) >= 11 is 0. The molecular weight excluding hydrogens is 288 g/mol. The van der Waals surface area contributed by atoms with E-state index in [-0.39, 0.29) is 11.9 Å². The number of hydrogen-bond donors (Lipinski definition) is 0. The third-order valence-corrected chi connectivity index (χ3v) is 3.93. The molecule has 0 bridgehead atoms. The molecule has 1 aliphatic rings. The Kier molecular flexibility index (Phi) is 3.38. The van der Waals surface area contributed by atoms with E-state index in [9.17, 15) is 4.79 Å². The van der Waals surface area contributed by atoms with E-state index in [0.717, 1.165) is 24.2 Å². The van der Waals surface area contributed by atoms with Crippen LogP contribution in [0, 0.1) is 0 Å². The Hall–Kier alpha value is -2.95. The Morgan fingerprint density at radius 1 is 1.00 bits per heavy atom. The Labute approximate surface area is 134 Å². The molecule has 3 aromatic rings. The predicted molar refractivity (Wildman–Crippen MR) is 87.6 cm³/mol. The molecule has 0 spiro atoms. The minimum absolute atomic E-state index is 0.0204. The van der Waals surface area contributed by atoms with Crippen LogP contribution in [-0.4, -0.2) is 26.7 Å². The first kappa shape index (κ1) is 13.7. The van der Waals surface area contributed by atoms with Crippen LogP contribution in [0.1, 0.15) is 23.3 Å². The number of aromatic nitrogens is 3. The van der Waals surface area contributed by atoms with Crippen molar-refractivity contribution in [2.45, 2.75) is 18.9 Å². The highest BCUT2D eigenvalue weighted by atomic mass is 16.2.